The fourth-order valence-electron chi connectivity index (χ4n) is 4.32. The lowest BCUT2D eigenvalue weighted by Gasteiger charge is -2.29. The lowest BCUT2D eigenvalue weighted by molar-refractivity contribution is -0.116. The molecule has 0 radical (unpaired) electrons. The molecule has 0 atom stereocenters. The summed E-state index contributed by atoms with van der Waals surface area (Å²) in [6.45, 7) is 2.75. The van der Waals surface area contributed by atoms with Crippen molar-refractivity contribution in [2.24, 2.45) is 0 Å². The molecule has 0 saturated heterocycles. The van der Waals surface area contributed by atoms with Crippen LogP contribution in [0.15, 0.2) is 47.6 Å². The Morgan fingerprint density at radius 1 is 1.09 bits per heavy atom. The number of hydrogen-bond acceptors (Lipinski definition) is 6. The van der Waals surface area contributed by atoms with Crippen molar-refractivity contribution in [1.82, 2.24) is 14.6 Å². The molecule has 164 valence electrons. The quantitative estimate of drug-likeness (QED) is 0.425. The van der Waals surface area contributed by atoms with Gasteiger partial charge in [0.15, 0.2) is 22.3 Å². The molecule has 2 aromatic carbocycles. The number of anilines is 1. The lowest BCUT2D eigenvalue weighted by Crippen LogP contribution is -2.36. The Labute approximate surface area is 190 Å². The highest BCUT2D eigenvalue weighted by molar-refractivity contribution is 7.99. The zero-order valence-corrected chi connectivity index (χ0v) is 19.1. The Kier molecular flexibility index (Phi) is 5.38. The van der Waals surface area contributed by atoms with Crippen molar-refractivity contribution in [3.8, 4) is 11.5 Å². The highest BCUT2D eigenvalue weighted by atomic mass is 32.2. The molecule has 4 aromatic rings. The van der Waals surface area contributed by atoms with Crippen molar-refractivity contribution in [2.45, 2.75) is 24.9 Å². The number of pyridine rings is 1. The first-order valence-corrected chi connectivity index (χ1v) is 11.5. The second-order valence-corrected chi connectivity index (χ2v) is 8.74. The SMILES string of the molecule is COc1cc2cc(C)c3nnc(SCC(=O)N4CCCc5ccccc54)n3c2cc1OC. The Bertz CT molecular complexity index is 1330. The number of ether oxygens (including phenoxy) is 2. The Balaban J connectivity index is 1.49. The number of thioether (sulfide) groups is 1. The van der Waals surface area contributed by atoms with Crippen LogP contribution in [-0.2, 0) is 11.2 Å². The van der Waals surface area contributed by atoms with E-state index in [9.17, 15) is 4.79 Å². The number of para-hydroxylation sites is 1. The normalized spacial score (nSPS) is 13.4. The largest absolute Gasteiger partial charge is 0.493 e. The highest BCUT2D eigenvalue weighted by Gasteiger charge is 2.23. The first-order chi connectivity index (χ1) is 15.6. The van der Waals surface area contributed by atoms with Crippen LogP contribution in [-0.4, -0.2) is 47.0 Å². The van der Waals surface area contributed by atoms with Gasteiger partial charge in [-0.25, -0.2) is 0 Å². The van der Waals surface area contributed by atoms with Gasteiger partial charge in [-0.3, -0.25) is 9.20 Å². The van der Waals surface area contributed by atoms with Crippen molar-refractivity contribution >= 4 is 39.9 Å². The first-order valence-electron chi connectivity index (χ1n) is 10.5. The molecule has 0 saturated carbocycles. The monoisotopic (exact) mass is 448 g/mol. The van der Waals surface area contributed by atoms with E-state index >= 15 is 0 Å². The predicted molar refractivity (Wildman–Crippen MR) is 126 cm³/mol. The Morgan fingerprint density at radius 3 is 2.69 bits per heavy atom. The summed E-state index contributed by atoms with van der Waals surface area (Å²) in [7, 11) is 3.24. The summed E-state index contributed by atoms with van der Waals surface area (Å²) in [4.78, 5) is 15.0. The van der Waals surface area contributed by atoms with Crippen molar-refractivity contribution in [3.05, 3.63) is 53.6 Å². The van der Waals surface area contributed by atoms with E-state index in [4.69, 9.17) is 9.47 Å². The molecule has 1 amide bonds. The first kappa shape index (κ1) is 20.6. The summed E-state index contributed by atoms with van der Waals surface area (Å²) in [5, 5.41) is 10.5. The zero-order chi connectivity index (χ0) is 22.2. The van der Waals surface area contributed by atoms with Crippen LogP contribution in [0, 0.1) is 6.92 Å². The standard InChI is InChI=1S/C24H24N4O3S/c1-15-11-17-12-20(30-2)21(31-3)13-19(17)28-23(15)25-26-24(28)32-14-22(29)27-10-6-8-16-7-4-5-9-18(16)27/h4-5,7,9,11-13H,6,8,10,14H2,1-3H3. The van der Waals surface area contributed by atoms with Gasteiger partial charge in [0.25, 0.3) is 0 Å². The van der Waals surface area contributed by atoms with Crippen LogP contribution in [0.1, 0.15) is 17.5 Å². The number of amides is 1. The van der Waals surface area contributed by atoms with Gasteiger partial charge in [0, 0.05) is 23.7 Å². The number of hydrogen-bond donors (Lipinski definition) is 0. The molecule has 0 N–H and O–H groups in total. The van der Waals surface area contributed by atoms with Gasteiger partial charge < -0.3 is 14.4 Å². The van der Waals surface area contributed by atoms with Crippen molar-refractivity contribution in [3.63, 3.8) is 0 Å². The maximum atomic E-state index is 13.1. The van der Waals surface area contributed by atoms with Gasteiger partial charge in [-0.1, -0.05) is 30.0 Å². The van der Waals surface area contributed by atoms with E-state index in [1.807, 2.05) is 46.6 Å². The lowest BCUT2D eigenvalue weighted by atomic mass is 10.0. The average molecular weight is 449 g/mol. The van der Waals surface area contributed by atoms with Crippen molar-refractivity contribution in [1.29, 1.82) is 0 Å². The minimum absolute atomic E-state index is 0.0788. The summed E-state index contributed by atoms with van der Waals surface area (Å²) in [5.74, 6) is 1.67. The molecule has 0 aliphatic carbocycles. The predicted octanol–water partition coefficient (Wildman–Crippen LogP) is 4.28. The number of carbonyl (C=O) groups excluding carboxylic acids is 1. The minimum atomic E-state index is 0.0788. The number of carbonyl (C=O) groups is 1. The summed E-state index contributed by atoms with van der Waals surface area (Å²) in [6.07, 6.45) is 1.99. The topological polar surface area (TPSA) is 69.0 Å². The minimum Gasteiger partial charge on any atom is -0.493 e. The highest BCUT2D eigenvalue weighted by Crippen LogP contribution is 2.35. The Hall–Kier alpha value is -3.26. The second kappa shape index (κ2) is 8.35. The van der Waals surface area contributed by atoms with Crippen LogP contribution in [0.25, 0.3) is 16.6 Å². The van der Waals surface area contributed by atoms with E-state index in [1.54, 1.807) is 14.2 Å². The molecule has 0 unspecified atom stereocenters. The molecule has 5 rings (SSSR count). The number of benzene rings is 2. The molecule has 8 heteroatoms. The summed E-state index contributed by atoms with van der Waals surface area (Å²) in [5.41, 5.74) is 4.93. The van der Waals surface area contributed by atoms with E-state index in [0.29, 0.717) is 16.7 Å². The van der Waals surface area contributed by atoms with E-state index in [1.165, 1.54) is 17.3 Å². The van der Waals surface area contributed by atoms with Gasteiger partial charge in [-0.05, 0) is 49.1 Å². The molecule has 0 bridgehead atoms. The van der Waals surface area contributed by atoms with Gasteiger partial charge in [-0.2, -0.15) is 0 Å². The van der Waals surface area contributed by atoms with Crippen LogP contribution in [0.2, 0.25) is 0 Å². The summed E-state index contributed by atoms with van der Waals surface area (Å²) < 4.78 is 13.0. The van der Waals surface area contributed by atoms with Crippen molar-refractivity contribution < 1.29 is 14.3 Å². The number of rotatable bonds is 5. The van der Waals surface area contributed by atoms with Crippen LogP contribution < -0.4 is 14.4 Å². The third kappa shape index (κ3) is 3.44. The Morgan fingerprint density at radius 2 is 1.88 bits per heavy atom. The number of nitrogens with zero attached hydrogens (tertiary/aromatic N) is 4. The van der Waals surface area contributed by atoms with Crippen molar-refractivity contribution in [2.75, 3.05) is 31.4 Å². The summed E-state index contributed by atoms with van der Waals surface area (Å²) in [6, 6.07) is 14.1. The molecule has 1 aliphatic heterocycles. The van der Waals surface area contributed by atoms with E-state index < -0.39 is 0 Å². The smallest absolute Gasteiger partial charge is 0.237 e. The fourth-order valence-corrected chi connectivity index (χ4v) is 5.14. The maximum absolute atomic E-state index is 13.1. The molecular weight excluding hydrogens is 424 g/mol. The van der Waals surface area contributed by atoms with Gasteiger partial charge in [0.2, 0.25) is 5.91 Å². The molecule has 1 aliphatic rings. The van der Waals surface area contributed by atoms with E-state index in [2.05, 4.69) is 22.3 Å². The third-order valence-electron chi connectivity index (χ3n) is 5.87. The van der Waals surface area contributed by atoms with Crippen LogP contribution in [0.5, 0.6) is 11.5 Å². The molecule has 7 nitrogen and oxygen atoms in total. The molecule has 2 aromatic heterocycles. The van der Waals surface area contributed by atoms with Crippen LogP contribution in [0.3, 0.4) is 0 Å². The van der Waals surface area contributed by atoms with Crippen LogP contribution >= 0.6 is 11.8 Å². The number of fused-ring (bicyclic) bond motifs is 4. The van der Waals surface area contributed by atoms with E-state index in [-0.39, 0.29) is 11.7 Å². The zero-order valence-electron chi connectivity index (χ0n) is 18.3. The van der Waals surface area contributed by atoms with Gasteiger partial charge >= 0.3 is 0 Å². The summed E-state index contributed by atoms with van der Waals surface area (Å²) >= 11 is 1.41. The molecular formula is C24H24N4O3S. The molecule has 3 heterocycles. The average Bonchev–Trinajstić information content (AvgIpc) is 3.26. The second-order valence-electron chi connectivity index (χ2n) is 7.80. The maximum Gasteiger partial charge on any atom is 0.237 e. The van der Waals surface area contributed by atoms with Gasteiger partial charge in [0.05, 0.1) is 25.5 Å². The molecule has 32 heavy (non-hydrogen) atoms. The number of aryl methyl sites for hydroxylation is 2. The number of aromatic nitrogens is 3. The van der Waals surface area contributed by atoms with Gasteiger partial charge in [-0.15, -0.1) is 10.2 Å². The van der Waals surface area contributed by atoms with Gasteiger partial charge in [0.1, 0.15) is 0 Å². The molecule has 0 spiro atoms. The van der Waals surface area contributed by atoms with Crippen LogP contribution in [0.4, 0.5) is 5.69 Å². The van der Waals surface area contributed by atoms with E-state index in [0.717, 1.165) is 47.2 Å². The third-order valence-corrected chi connectivity index (χ3v) is 6.78. The molecule has 0 fully saturated rings. The number of methoxy groups -OCH3 is 2. The fraction of sp³-hybridized carbons (Fsp3) is 0.292.